The molecule has 2 aromatic rings. The summed E-state index contributed by atoms with van der Waals surface area (Å²) >= 11 is 5.91. The zero-order valence-electron chi connectivity index (χ0n) is 16.1. The molecule has 0 bridgehead atoms. The summed E-state index contributed by atoms with van der Waals surface area (Å²) in [7, 11) is 0. The zero-order valence-corrected chi connectivity index (χ0v) is 16.8. The molecule has 0 radical (unpaired) electrons. The van der Waals surface area contributed by atoms with Gasteiger partial charge in [0.15, 0.2) is 5.96 Å². The fourth-order valence-electron chi connectivity index (χ4n) is 3.07. The van der Waals surface area contributed by atoms with E-state index in [-0.39, 0.29) is 12.1 Å². The van der Waals surface area contributed by atoms with Gasteiger partial charge >= 0.3 is 0 Å². The minimum absolute atomic E-state index is 0.0439. The molecule has 1 aromatic heterocycles. The molecule has 146 valence electrons. The van der Waals surface area contributed by atoms with E-state index >= 15 is 0 Å². The Kier molecular flexibility index (Phi) is 6.55. The number of halogens is 1. The molecule has 2 atom stereocenters. The third kappa shape index (κ3) is 5.60. The van der Waals surface area contributed by atoms with Crippen molar-refractivity contribution < 1.29 is 4.74 Å². The lowest BCUT2D eigenvalue weighted by molar-refractivity contribution is 0.230. The first-order valence-corrected chi connectivity index (χ1v) is 9.78. The summed E-state index contributed by atoms with van der Waals surface area (Å²) < 4.78 is 7.89. The van der Waals surface area contributed by atoms with Crippen molar-refractivity contribution >= 4 is 17.6 Å². The second kappa shape index (κ2) is 9.08. The van der Waals surface area contributed by atoms with Gasteiger partial charge in [-0.2, -0.15) is 5.10 Å². The van der Waals surface area contributed by atoms with Gasteiger partial charge in [-0.25, -0.2) is 14.7 Å². The van der Waals surface area contributed by atoms with Gasteiger partial charge in [0.05, 0.1) is 13.1 Å². The Hall–Kier alpha value is -2.28. The minimum atomic E-state index is -0.0439. The van der Waals surface area contributed by atoms with Crippen LogP contribution in [0.25, 0.3) is 0 Å². The smallest absolute Gasteiger partial charge is 0.191 e. The molecule has 2 heterocycles. The van der Waals surface area contributed by atoms with Crippen LogP contribution in [-0.2, 0) is 13.0 Å². The van der Waals surface area contributed by atoms with Gasteiger partial charge in [0.2, 0.25) is 0 Å². The summed E-state index contributed by atoms with van der Waals surface area (Å²) in [4.78, 5) is 9.14. The van der Waals surface area contributed by atoms with Crippen LogP contribution in [0.1, 0.15) is 31.9 Å². The molecule has 0 saturated heterocycles. The number of ether oxygens (including phenoxy) is 1. The van der Waals surface area contributed by atoms with Crippen molar-refractivity contribution in [2.45, 2.75) is 52.3 Å². The molecule has 0 fully saturated rings. The van der Waals surface area contributed by atoms with E-state index < -0.39 is 0 Å². The number of guanidine groups is 1. The van der Waals surface area contributed by atoms with E-state index in [9.17, 15) is 0 Å². The van der Waals surface area contributed by atoms with Crippen LogP contribution >= 0.6 is 11.6 Å². The first-order chi connectivity index (χ1) is 13.0. The monoisotopic (exact) mass is 390 g/mol. The summed E-state index contributed by atoms with van der Waals surface area (Å²) in [5, 5.41) is 12.0. The molecular weight excluding hydrogens is 364 g/mol. The Balaban J connectivity index is 1.55. The van der Waals surface area contributed by atoms with Crippen LogP contribution < -0.4 is 15.4 Å². The molecular formula is C19H27ClN6O. The lowest BCUT2D eigenvalue weighted by atomic mass is 10.1. The van der Waals surface area contributed by atoms with Crippen LogP contribution in [0.5, 0.6) is 5.75 Å². The number of rotatable bonds is 6. The summed E-state index contributed by atoms with van der Waals surface area (Å²) in [5.41, 5.74) is 0. The van der Waals surface area contributed by atoms with E-state index in [1.54, 1.807) is 0 Å². The van der Waals surface area contributed by atoms with Crippen LogP contribution in [-0.4, -0.2) is 46.0 Å². The molecule has 27 heavy (non-hydrogen) atoms. The highest BCUT2D eigenvalue weighted by atomic mass is 35.5. The van der Waals surface area contributed by atoms with Crippen LogP contribution in [0, 0.1) is 6.92 Å². The first kappa shape index (κ1) is 19.5. The fraction of sp³-hybridized carbons (Fsp3) is 0.526. The fourth-order valence-corrected chi connectivity index (χ4v) is 3.19. The number of aromatic nitrogens is 3. The lowest BCUT2D eigenvalue weighted by Crippen LogP contribution is -2.47. The molecule has 8 heteroatoms. The molecule has 1 aliphatic rings. The average Bonchev–Trinajstić information content (AvgIpc) is 3.01. The molecule has 0 amide bonds. The van der Waals surface area contributed by atoms with Crippen LogP contribution in [0.2, 0.25) is 5.02 Å². The molecule has 0 spiro atoms. The van der Waals surface area contributed by atoms with Crippen LogP contribution in [0.15, 0.2) is 29.3 Å². The lowest BCUT2D eigenvalue weighted by Gasteiger charge is -2.25. The highest BCUT2D eigenvalue weighted by molar-refractivity contribution is 6.30. The van der Waals surface area contributed by atoms with Gasteiger partial charge in [-0.05, 0) is 51.5 Å². The molecule has 7 nitrogen and oxygen atoms in total. The van der Waals surface area contributed by atoms with Gasteiger partial charge in [0.25, 0.3) is 0 Å². The van der Waals surface area contributed by atoms with Crippen LogP contribution in [0.3, 0.4) is 0 Å². The predicted octanol–water partition coefficient (Wildman–Crippen LogP) is 2.58. The second-order valence-electron chi connectivity index (χ2n) is 6.74. The molecule has 1 aromatic carbocycles. The molecule has 0 aliphatic carbocycles. The van der Waals surface area contributed by atoms with E-state index in [4.69, 9.17) is 16.3 Å². The number of aryl methyl sites for hydroxylation is 2. The highest BCUT2D eigenvalue weighted by Crippen LogP contribution is 2.17. The largest absolute Gasteiger partial charge is 0.489 e. The number of hydrogen-bond acceptors (Lipinski definition) is 4. The van der Waals surface area contributed by atoms with Gasteiger partial charge < -0.3 is 15.4 Å². The zero-order chi connectivity index (χ0) is 19.2. The van der Waals surface area contributed by atoms with Crippen molar-refractivity contribution in [3.8, 4) is 5.75 Å². The number of fused-ring (bicyclic) bond motifs is 1. The van der Waals surface area contributed by atoms with Gasteiger partial charge in [-0.3, -0.25) is 0 Å². The average molecular weight is 391 g/mol. The maximum absolute atomic E-state index is 5.91. The normalized spacial score (nSPS) is 17.9. The first-order valence-electron chi connectivity index (χ1n) is 9.41. The number of benzene rings is 1. The molecule has 2 N–H and O–H groups in total. The number of nitrogens with zero attached hydrogens (tertiary/aromatic N) is 4. The van der Waals surface area contributed by atoms with E-state index in [2.05, 4.69) is 32.6 Å². The topological polar surface area (TPSA) is 76.4 Å². The van der Waals surface area contributed by atoms with Crippen molar-refractivity contribution in [1.82, 2.24) is 25.4 Å². The van der Waals surface area contributed by atoms with Crippen molar-refractivity contribution in [1.29, 1.82) is 0 Å². The third-order valence-electron chi connectivity index (χ3n) is 4.31. The Bertz CT molecular complexity index is 773. The van der Waals surface area contributed by atoms with Crippen molar-refractivity contribution in [2.24, 2.45) is 4.99 Å². The number of nitrogens with one attached hydrogen (secondary N) is 2. The van der Waals surface area contributed by atoms with Crippen molar-refractivity contribution in [3.63, 3.8) is 0 Å². The maximum Gasteiger partial charge on any atom is 0.191 e. The standard InChI is InChI=1S/C19H27ClN6O/c1-4-21-19(22-11-13(2)27-17-8-5-15(20)6-9-17)24-16-7-10-18-23-14(3)25-26(18)12-16/h5-6,8-9,13,16H,4,7,10-12H2,1-3H3,(H2,21,22,24). The van der Waals surface area contributed by atoms with E-state index in [0.29, 0.717) is 11.6 Å². The van der Waals surface area contributed by atoms with Gasteiger partial charge in [-0.15, -0.1) is 0 Å². The van der Waals surface area contributed by atoms with Crippen LogP contribution in [0.4, 0.5) is 0 Å². The third-order valence-corrected chi connectivity index (χ3v) is 4.56. The quantitative estimate of drug-likeness (QED) is 0.585. The highest BCUT2D eigenvalue weighted by Gasteiger charge is 2.21. The molecule has 2 unspecified atom stereocenters. The molecule has 3 rings (SSSR count). The number of aliphatic imine (C=N–C) groups is 1. The predicted molar refractivity (Wildman–Crippen MR) is 108 cm³/mol. The van der Waals surface area contributed by atoms with Gasteiger partial charge in [0.1, 0.15) is 23.5 Å². The Labute approximate surface area is 165 Å². The molecule has 1 aliphatic heterocycles. The summed E-state index contributed by atoms with van der Waals surface area (Å²) in [6.07, 6.45) is 1.89. The van der Waals surface area contributed by atoms with E-state index in [0.717, 1.165) is 49.3 Å². The van der Waals surface area contributed by atoms with Gasteiger partial charge in [0, 0.05) is 24.0 Å². The van der Waals surface area contributed by atoms with E-state index in [1.807, 2.05) is 42.8 Å². The second-order valence-corrected chi connectivity index (χ2v) is 7.18. The summed E-state index contributed by atoms with van der Waals surface area (Å²) in [6.45, 7) is 8.16. The SMILES string of the molecule is CCNC(=NCC(C)Oc1ccc(Cl)cc1)NC1CCc2nc(C)nn2C1. The number of hydrogen-bond donors (Lipinski definition) is 2. The Morgan fingerprint density at radius 1 is 1.41 bits per heavy atom. The minimum Gasteiger partial charge on any atom is -0.489 e. The van der Waals surface area contributed by atoms with E-state index in [1.165, 1.54) is 0 Å². The Morgan fingerprint density at radius 2 is 2.19 bits per heavy atom. The van der Waals surface area contributed by atoms with Crippen molar-refractivity contribution in [2.75, 3.05) is 13.1 Å². The summed E-state index contributed by atoms with van der Waals surface area (Å²) in [6, 6.07) is 7.66. The Morgan fingerprint density at radius 3 is 2.93 bits per heavy atom. The maximum atomic E-state index is 5.91. The van der Waals surface area contributed by atoms with Crippen molar-refractivity contribution in [3.05, 3.63) is 40.9 Å². The molecule has 0 saturated carbocycles. The van der Waals surface area contributed by atoms with Gasteiger partial charge in [-0.1, -0.05) is 11.6 Å². The summed E-state index contributed by atoms with van der Waals surface area (Å²) in [5.74, 6) is 3.49.